The van der Waals surface area contributed by atoms with Crippen molar-refractivity contribution >= 4 is 18.5 Å². The van der Waals surface area contributed by atoms with Gasteiger partial charge in [-0.05, 0) is 17.6 Å². The maximum absolute atomic E-state index is 8.75. The van der Waals surface area contributed by atoms with Gasteiger partial charge in [-0.25, -0.2) is 4.52 Å². The third kappa shape index (κ3) is 0.916. The zero-order valence-electron chi connectivity index (χ0n) is 5.81. The van der Waals surface area contributed by atoms with Crippen molar-refractivity contribution < 1.29 is 5.02 Å². The van der Waals surface area contributed by atoms with E-state index in [2.05, 4.69) is 5.10 Å². The predicted octanol–water partition coefficient (Wildman–Crippen LogP) is -0.429. The zero-order valence-corrected chi connectivity index (χ0v) is 5.81. The molecule has 0 bridgehead atoms. The first-order chi connectivity index (χ1) is 5.42. The molecule has 2 rings (SSSR count). The van der Waals surface area contributed by atoms with Gasteiger partial charge in [-0.1, -0.05) is 6.07 Å². The minimum absolute atomic E-state index is 0.741. The van der Waals surface area contributed by atoms with E-state index < -0.39 is 0 Å². The first-order valence-corrected chi connectivity index (χ1v) is 3.31. The molecule has 0 aromatic carbocycles. The van der Waals surface area contributed by atoms with Gasteiger partial charge in [0.2, 0.25) is 0 Å². The van der Waals surface area contributed by atoms with Gasteiger partial charge in [-0.2, -0.15) is 5.10 Å². The minimum Gasteiger partial charge on any atom is -0.450 e. The zero-order chi connectivity index (χ0) is 7.68. The van der Waals surface area contributed by atoms with Crippen molar-refractivity contribution in [1.82, 2.24) is 9.61 Å². The number of aromatic nitrogens is 2. The molecule has 0 aliphatic rings. The average molecular weight is 145 g/mol. The maximum Gasteiger partial charge on any atom is 0.330 e. The van der Waals surface area contributed by atoms with Crippen molar-refractivity contribution in [3.05, 3.63) is 30.6 Å². The molecule has 0 atom stereocenters. The summed E-state index contributed by atoms with van der Waals surface area (Å²) in [5, 5.41) is 12.8. The van der Waals surface area contributed by atoms with Gasteiger partial charge >= 0.3 is 7.48 Å². The number of rotatable bonds is 1. The second kappa shape index (κ2) is 2.40. The SMILES string of the molecule is O[B]c1cnn2ccccc12. The Labute approximate surface area is 64.6 Å². The van der Waals surface area contributed by atoms with E-state index in [9.17, 15) is 0 Å². The van der Waals surface area contributed by atoms with Crippen LogP contribution in [-0.2, 0) is 0 Å². The second-order valence-corrected chi connectivity index (χ2v) is 2.26. The third-order valence-electron chi connectivity index (χ3n) is 1.60. The molecule has 2 aromatic heterocycles. The van der Waals surface area contributed by atoms with Crippen LogP contribution in [0.2, 0.25) is 0 Å². The van der Waals surface area contributed by atoms with E-state index in [1.807, 2.05) is 24.4 Å². The number of hydrogen-bond donors (Lipinski definition) is 1. The van der Waals surface area contributed by atoms with Crippen LogP contribution in [0.4, 0.5) is 0 Å². The van der Waals surface area contributed by atoms with Crippen molar-refractivity contribution in [3.8, 4) is 0 Å². The Hall–Kier alpha value is -1.29. The van der Waals surface area contributed by atoms with E-state index in [0.29, 0.717) is 0 Å². The Morgan fingerprint density at radius 1 is 1.45 bits per heavy atom. The van der Waals surface area contributed by atoms with E-state index in [4.69, 9.17) is 5.02 Å². The molecule has 0 saturated heterocycles. The van der Waals surface area contributed by atoms with Gasteiger partial charge in [0.05, 0.1) is 5.52 Å². The summed E-state index contributed by atoms with van der Waals surface area (Å²) in [4.78, 5) is 0. The summed E-state index contributed by atoms with van der Waals surface area (Å²) in [6.07, 6.45) is 3.46. The van der Waals surface area contributed by atoms with Gasteiger partial charge < -0.3 is 5.02 Å². The van der Waals surface area contributed by atoms with Crippen LogP contribution in [0.3, 0.4) is 0 Å². The molecule has 11 heavy (non-hydrogen) atoms. The smallest absolute Gasteiger partial charge is 0.330 e. The van der Waals surface area contributed by atoms with Crippen molar-refractivity contribution in [2.75, 3.05) is 0 Å². The van der Waals surface area contributed by atoms with Crippen molar-refractivity contribution in [3.63, 3.8) is 0 Å². The van der Waals surface area contributed by atoms with Gasteiger partial charge in [0.1, 0.15) is 0 Å². The van der Waals surface area contributed by atoms with E-state index in [1.54, 1.807) is 10.7 Å². The minimum atomic E-state index is 0.741. The van der Waals surface area contributed by atoms with E-state index in [1.165, 1.54) is 0 Å². The summed E-state index contributed by atoms with van der Waals surface area (Å²) < 4.78 is 1.71. The lowest BCUT2D eigenvalue weighted by Gasteiger charge is -1.90. The van der Waals surface area contributed by atoms with Gasteiger partial charge in [0.25, 0.3) is 0 Å². The summed E-state index contributed by atoms with van der Waals surface area (Å²) in [5.41, 5.74) is 1.65. The fraction of sp³-hybridized carbons (Fsp3) is 0. The molecule has 0 aliphatic carbocycles. The summed E-state index contributed by atoms with van der Waals surface area (Å²) in [6, 6.07) is 5.69. The van der Waals surface area contributed by atoms with Crippen LogP contribution in [0.1, 0.15) is 0 Å². The standard InChI is InChI=1S/C7H6BN2O/c11-8-6-5-9-10-4-2-1-3-7(6)10/h1-5,11H. The lowest BCUT2D eigenvalue weighted by molar-refractivity contribution is 0.616. The van der Waals surface area contributed by atoms with Crippen LogP contribution in [-0.4, -0.2) is 22.1 Å². The molecule has 0 unspecified atom stereocenters. The first kappa shape index (κ1) is 6.43. The van der Waals surface area contributed by atoms with Crippen LogP contribution in [0, 0.1) is 0 Å². The average Bonchev–Trinajstić information content (AvgIpc) is 2.47. The topological polar surface area (TPSA) is 37.5 Å². The van der Waals surface area contributed by atoms with Crippen LogP contribution in [0.25, 0.3) is 5.52 Å². The molecule has 3 nitrogen and oxygen atoms in total. The molecule has 0 amide bonds. The molecular weight excluding hydrogens is 139 g/mol. The van der Waals surface area contributed by atoms with E-state index in [-0.39, 0.29) is 0 Å². The summed E-state index contributed by atoms with van der Waals surface area (Å²) in [5.74, 6) is 0. The highest BCUT2D eigenvalue weighted by Crippen LogP contribution is 1.96. The predicted molar refractivity (Wildman–Crippen MR) is 42.8 cm³/mol. The Morgan fingerprint density at radius 3 is 3.18 bits per heavy atom. The van der Waals surface area contributed by atoms with E-state index in [0.717, 1.165) is 18.5 Å². The van der Waals surface area contributed by atoms with Gasteiger partial charge in [-0.15, -0.1) is 0 Å². The fourth-order valence-corrected chi connectivity index (χ4v) is 1.05. The first-order valence-electron chi connectivity index (χ1n) is 3.31. The molecule has 0 fully saturated rings. The van der Waals surface area contributed by atoms with Crippen molar-refractivity contribution in [2.24, 2.45) is 0 Å². The Bertz CT molecular complexity index is 371. The summed E-state index contributed by atoms with van der Waals surface area (Å²) in [7, 11) is 1.06. The van der Waals surface area contributed by atoms with Gasteiger partial charge in [0, 0.05) is 12.4 Å². The molecular formula is C7H6BN2O. The molecule has 0 aliphatic heterocycles. The molecule has 4 heteroatoms. The highest BCUT2D eigenvalue weighted by molar-refractivity contribution is 6.48. The van der Waals surface area contributed by atoms with Gasteiger partial charge in [0.15, 0.2) is 0 Å². The van der Waals surface area contributed by atoms with Crippen molar-refractivity contribution in [2.45, 2.75) is 0 Å². The Balaban J connectivity index is 2.76. The van der Waals surface area contributed by atoms with E-state index >= 15 is 0 Å². The molecule has 0 saturated carbocycles. The highest BCUT2D eigenvalue weighted by atomic mass is 16.2. The Kier molecular flexibility index (Phi) is 1.40. The molecule has 1 radical (unpaired) electrons. The summed E-state index contributed by atoms with van der Waals surface area (Å²) >= 11 is 0. The third-order valence-corrected chi connectivity index (χ3v) is 1.60. The van der Waals surface area contributed by atoms with Crippen LogP contribution >= 0.6 is 0 Å². The quantitative estimate of drug-likeness (QED) is 0.553. The lowest BCUT2D eigenvalue weighted by Crippen LogP contribution is -2.11. The monoisotopic (exact) mass is 145 g/mol. The molecule has 2 heterocycles. The number of hydrogen-bond acceptors (Lipinski definition) is 2. The molecule has 53 valence electrons. The number of pyridine rings is 1. The number of nitrogens with zero attached hydrogens (tertiary/aromatic N) is 2. The lowest BCUT2D eigenvalue weighted by atomic mass is 9.90. The molecule has 1 N–H and O–H groups in total. The van der Waals surface area contributed by atoms with Gasteiger partial charge in [-0.3, -0.25) is 0 Å². The summed E-state index contributed by atoms with van der Waals surface area (Å²) in [6.45, 7) is 0. The normalized spacial score (nSPS) is 10.3. The van der Waals surface area contributed by atoms with Crippen LogP contribution in [0.15, 0.2) is 30.6 Å². The fourth-order valence-electron chi connectivity index (χ4n) is 1.05. The van der Waals surface area contributed by atoms with Crippen LogP contribution < -0.4 is 5.46 Å². The second-order valence-electron chi connectivity index (χ2n) is 2.26. The van der Waals surface area contributed by atoms with Crippen molar-refractivity contribution in [1.29, 1.82) is 0 Å². The highest BCUT2D eigenvalue weighted by Gasteiger charge is 2.01. The molecule has 0 spiro atoms. The Morgan fingerprint density at radius 2 is 2.36 bits per heavy atom. The largest absolute Gasteiger partial charge is 0.450 e. The van der Waals surface area contributed by atoms with Crippen LogP contribution in [0.5, 0.6) is 0 Å². The number of fused-ring (bicyclic) bond motifs is 1. The molecule has 2 aromatic rings. The maximum atomic E-state index is 8.75.